The molecule has 0 unspecified atom stereocenters. The van der Waals surface area contributed by atoms with E-state index in [-0.39, 0.29) is 12.0 Å². The molecular formula is C23H24N4O2. The highest BCUT2D eigenvalue weighted by Crippen LogP contribution is 2.21. The minimum atomic E-state index is 0.0252. The molecule has 0 radical (unpaired) electrons. The van der Waals surface area contributed by atoms with Crippen molar-refractivity contribution in [2.45, 2.75) is 25.6 Å². The van der Waals surface area contributed by atoms with Crippen LogP contribution in [0.4, 0.5) is 5.82 Å². The Hall–Kier alpha value is -3.25. The zero-order valence-corrected chi connectivity index (χ0v) is 16.2. The van der Waals surface area contributed by atoms with Crippen LogP contribution in [0.15, 0.2) is 66.9 Å². The number of likely N-dealkylation sites (tertiary alicyclic amines) is 1. The summed E-state index contributed by atoms with van der Waals surface area (Å²) in [6.45, 7) is 2.00. The second-order valence-electron chi connectivity index (χ2n) is 7.17. The second kappa shape index (κ2) is 8.84. The Labute approximate surface area is 170 Å². The van der Waals surface area contributed by atoms with Crippen molar-refractivity contribution in [3.05, 3.63) is 78.0 Å². The largest absolute Gasteiger partial charge is 0.384 e. The number of piperidine rings is 1. The molecule has 0 aliphatic carbocycles. The van der Waals surface area contributed by atoms with Gasteiger partial charge in [-0.25, -0.2) is 9.97 Å². The molecule has 1 saturated heterocycles. The Kier molecular flexibility index (Phi) is 5.81. The highest BCUT2D eigenvalue weighted by molar-refractivity contribution is 5.95. The van der Waals surface area contributed by atoms with Gasteiger partial charge >= 0.3 is 0 Å². The van der Waals surface area contributed by atoms with E-state index in [0.29, 0.717) is 36.9 Å². The molecule has 2 heterocycles. The van der Waals surface area contributed by atoms with Gasteiger partial charge in [0.05, 0.1) is 12.7 Å². The van der Waals surface area contributed by atoms with E-state index in [4.69, 9.17) is 10.5 Å². The van der Waals surface area contributed by atoms with Gasteiger partial charge in [-0.15, -0.1) is 0 Å². The first-order valence-electron chi connectivity index (χ1n) is 9.83. The quantitative estimate of drug-likeness (QED) is 0.723. The maximum absolute atomic E-state index is 13.0. The van der Waals surface area contributed by atoms with E-state index >= 15 is 0 Å². The lowest BCUT2D eigenvalue weighted by atomic mass is 10.0. The van der Waals surface area contributed by atoms with Crippen molar-refractivity contribution in [2.75, 3.05) is 18.8 Å². The summed E-state index contributed by atoms with van der Waals surface area (Å²) in [4.78, 5) is 23.3. The lowest BCUT2D eigenvalue weighted by Crippen LogP contribution is -2.40. The number of aromatic nitrogens is 2. The van der Waals surface area contributed by atoms with Crippen molar-refractivity contribution in [3.8, 4) is 11.4 Å². The predicted molar refractivity (Wildman–Crippen MR) is 112 cm³/mol. The van der Waals surface area contributed by atoms with Crippen molar-refractivity contribution < 1.29 is 9.53 Å². The van der Waals surface area contributed by atoms with E-state index in [1.54, 1.807) is 12.3 Å². The summed E-state index contributed by atoms with van der Waals surface area (Å²) in [5.74, 6) is 0.953. The fourth-order valence-electron chi connectivity index (χ4n) is 3.50. The van der Waals surface area contributed by atoms with Gasteiger partial charge in [0.25, 0.3) is 5.91 Å². The molecule has 0 spiro atoms. The number of nitrogens with zero attached hydrogens (tertiary/aromatic N) is 3. The lowest BCUT2D eigenvalue weighted by Gasteiger charge is -2.32. The topological polar surface area (TPSA) is 81.3 Å². The van der Waals surface area contributed by atoms with E-state index in [9.17, 15) is 4.79 Å². The number of amides is 1. The molecule has 0 atom stereocenters. The van der Waals surface area contributed by atoms with Gasteiger partial charge in [-0.2, -0.15) is 0 Å². The van der Waals surface area contributed by atoms with Crippen LogP contribution in [0.2, 0.25) is 0 Å². The van der Waals surface area contributed by atoms with Crippen LogP contribution in [0.5, 0.6) is 0 Å². The summed E-state index contributed by atoms with van der Waals surface area (Å²) in [6, 6.07) is 19.2. The molecule has 2 N–H and O–H groups in total. The van der Waals surface area contributed by atoms with Gasteiger partial charge in [-0.1, -0.05) is 42.5 Å². The number of benzene rings is 2. The molecule has 4 rings (SSSR count). The Morgan fingerprint density at radius 1 is 1.07 bits per heavy atom. The number of nitrogens with two attached hydrogens (primary N) is 1. The zero-order chi connectivity index (χ0) is 20.1. The number of carbonyl (C=O) groups excluding carboxylic acids is 1. The van der Waals surface area contributed by atoms with Crippen LogP contribution in [-0.4, -0.2) is 40.0 Å². The maximum atomic E-state index is 13.0. The number of nitrogen functional groups attached to an aromatic ring is 1. The second-order valence-corrected chi connectivity index (χ2v) is 7.17. The minimum absolute atomic E-state index is 0.0252. The fourth-order valence-corrected chi connectivity index (χ4v) is 3.50. The molecule has 3 aromatic rings. The van der Waals surface area contributed by atoms with Crippen LogP contribution in [0.3, 0.4) is 0 Å². The Balaban J connectivity index is 1.35. The van der Waals surface area contributed by atoms with Crippen LogP contribution >= 0.6 is 0 Å². The molecule has 1 aliphatic rings. The first-order chi connectivity index (χ1) is 14.2. The first kappa shape index (κ1) is 19.1. The van der Waals surface area contributed by atoms with Gasteiger partial charge in [-0.05, 0) is 36.6 Å². The van der Waals surface area contributed by atoms with Crippen molar-refractivity contribution in [1.82, 2.24) is 14.9 Å². The Bertz CT molecular complexity index is 969. The average molecular weight is 388 g/mol. The Morgan fingerprint density at radius 2 is 1.86 bits per heavy atom. The monoisotopic (exact) mass is 388 g/mol. The van der Waals surface area contributed by atoms with Crippen LogP contribution < -0.4 is 5.73 Å². The summed E-state index contributed by atoms with van der Waals surface area (Å²) < 4.78 is 6.02. The smallest absolute Gasteiger partial charge is 0.253 e. The van der Waals surface area contributed by atoms with Gasteiger partial charge in [0, 0.05) is 30.4 Å². The number of rotatable bonds is 5. The highest BCUT2D eigenvalue weighted by atomic mass is 16.5. The molecule has 1 amide bonds. The third-order valence-corrected chi connectivity index (χ3v) is 5.10. The van der Waals surface area contributed by atoms with E-state index in [2.05, 4.69) is 22.1 Å². The number of carbonyl (C=O) groups is 1. The molecule has 1 aliphatic heterocycles. The third-order valence-electron chi connectivity index (χ3n) is 5.10. The van der Waals surface area contributed by atoms with Gasteiger partial charge in [-0.3, -0.25) is 4.79 Å². The molecule has 6 nitrogen and oxygen atoms in total. The summed E-state index contributed by atoms with van der Waals surface area (Å²) in [5.41, 5.74) is 8.34. The van der Waals surface area contributed by atoms with Crippen LogP contribution in [0, 0.1) is 0 Å². The number of hydrogen-bond acceptors (Lipinski definition) is 5. The van der Waals surface area contributed by atoms with Gasteiger partial charge in [0.1, 0.15) is 5.82 Å². The van der Waals surface area contributed by atoms with Gasteiger partial charge in [0.2, 0.25) is 0 Å². The van der Waals surface area contributed by atoms with E-state index in [0.717, 1.165) is 18.4 Å². The molecule has 148 valence electrons. The van der Waals surface area contributed by atoms with E-state index in [1.165, 1.54) is 5.56 Å². The van der Waals surface area contributed by atoms with Crippen molar-refractivity contribution in [3.63, 3.8) is 0 Å². The summed E-state index contributed by atoms with van der Waals surface area (Å²) in [5, 5.41) is 0. The average Bonchev–Trinajstić information content (AvgIpc) is 2.78. The van der Waals surface area contributed by atoms with Crippen molar-refractivity contribution >= 4 is 11.7 Å². The molecule has 1 aromatic heterocycles. The SMILES string of the molecule is Nc1ccnc(-c2cccc(C(=O)N3CCC(OCc4ccccc4)CC3)c2)n1. The summed E-state index contributed by atoms with van der Waals surface area (Å²) in [6.07, 6.45) is 3.49. The van der Waals surface area contributed by atoms with Crippen molar-refractivity contribution in [2.24, 2.45) is 0 Å². The molecular weight excluding hydrogens is 364 g/mol. The van der Waals surface area contributed by atoms with Crippen molar-refractivity contribution in [1.29, 1.82) is 0 Å². The van der Waals surface area contributed by atoms with E-state index in [1.807, 2.05) is 47.4 Å². The van der Waals surface area contributed by atoms with Gasteiger partial charge in [0.15, 0.2) is 5.82 Å². The molecule has 0 saturated carbocycles. The minimum Gasteiger partial charge on any atom is -0.384 e. The van der Waals surface area contributed by atoms with Gasteiger partial charge < -0.3 is 15.4 Å². The molecule has 6 heteroatoms. The lowest BCUT2D eigenvalue weighted by molar-refractivity contribution is -0.000378. The number of anilines is 1. The van der Waals surface area contributed by atoms with Crippen LogP contribution in [-0.2, 0) is 11.3 Å². The standard InChI is InChI=1S/C23H24N4O2/c24-21-9-12-25-22(26-21)18-7-4-8-19(15-18)23(28)27-13-10-20(11-14-27)29-16-17-5-2-1-3-6-17/h1-9,12,15,20H,10-11,13-14,16H2,(H2,24,25,26). The van der Waals surface area contributed by atoms with Crippen LogP contribution in [0.25, 0.3) is 11.4 Å². The molecule has 1 fully saturated rings. The highest BCUT2D eigenvalue weighted by Gasteiger charge is 2.24. The summed E-state index contributed by atoms with van der Waals surface area (Å²) >= 11 is 0. The van der Waals surface area contributed by atoms with E-state index < -0.39 is 0 Å². The first-order valence-corrected chi connectivity index (χ1v) is 9.83. The normalized spacial score (nSPS) is 14.7. The zero-order valence-electron chi connectivity index (χ0n) is 16.2. The molecule has 0 bridgehead atoms. The Morgan fingerprint density at radius 3 is 2.62 bits per heavy atom. The maximum Gasteiger partial charge on any atom is 0.253 e. The number of ether oxygens (including phenoxy) is 1. The summed E-state index contributed by atoms with van der Waals surface area (Å²) in [7, 11) is 0. The number of hydrogen-bond donors (Lipinski definition) is 1. The predicted octanol–water partition coefficient (Wildman–Crippen LogP) is 3.55. The fraction of sp³-hybridized carbons (Fsp3) is 0.261. The molecule has 2 aromatic carbocycles. The van der Waals surface area contributed by atoms with Crippen LogP contribution in [0.1, 0.15) is 28.8 Å². The molecule has 29 heavy (non-hydrogen) atoms. The third kappa shape index (κ3) is 4.78.